The van der Waals surface area contributed by atoms with Crippen molar-refractivity contribution in [3.8, 4) is 11.5 Å². The van der Waals surface area contributed by atoms with Crippen LogP contribution < -0.4 is 9.47 Å². The van der Waals surface area contributed by atoms with E-state index in [9.17, 15) is 5.11 Å². The zero-order valence-corrected chi connectivity index (χ0v) is 14.3. The van der Waals surface area contributed by atoms with Gasteiger partial charge in [0, 0.05) is 6.42 Å². The molecule has 1 aliphatic rings. The Kier molecular flexibility index (Phi) is 6.28. The van der Waals surface area contributed by atoms with Crippen molar-refractivity contribution in [3.63, 3.8) is 0 Å². The minimum absolute atomic E-state index is 0.106. The molecule has 0 bridgehead atoms. The Morgan fingerprint density at radius 1 is 1.04 bits per heavy atom. The van der Waals surface area contributed by atoms with Gasteiger partial charge >= 0.3 is 0 Å². The third kappa shape index (κ3) is 4.51. The maximum atomic E-state index is 9.66. The van der Waals surface area contributed by atoms with Gasteiger partial charge in [0.2, 0.25) is 0 Å². The number of benzene rings is 2. The lowest BCUT2D eigenvalue weighted by atomic mass is 10.0. The quantitative estimate of drug-likeness (QED) is 0.837. The van der Waals surface area contributed by atoms with E-state index in [4.69, 9.17) is 18.9 Å². The molecule has 0 radical (unpaired) electrons. The highest BCUT2D eigenvalue weighted by Gasteiger charge is 2.36. The van der Waals surface area contributed by atoms with Gasteiger partial charge in [-0.25, -0.2) is 0 Å². The van der Waals surface area contributed by atoms with Crippen LogP contribution in [0.1, 0.15) is 12.0 Å². The number of rotatable bonds is 7. The lowest BCUT2D eigenvalue weighted by Crippen LogP contribution is -2.50. The van der Waals surface area contributed by atoms with E-state index >= 15 is 0 Å². The predicted octanol–water partition coefficient (Wildman–Crippen LogP) is 2.81. The van der Waals surface area contributed by atoms with Crippen molar-refractivity contribution >= 4 is 0 Å². The Balaban J connectivity index is 1.72. The largest absolute Gasteiger partial charge is 0.493 e. The number of hydrogen-bond acceptors (Lipinski definition) is 5. The fourth-order valence-corrected chi connectivity index (χ4v) is 2.98. The fourth-order valence-electron chi connectivity index (χ4n) is 2.98. The molecule has 2 aromatic carbocycles. The first-order valence-corrected chi connectivity index (χ1v) is 8.49. The molecule has 0 saturated carbocycles. The number of hydrogen-bond donors (Lipinski definition) is 1. The van der Waals surface area contributed by atoms with Crippen LogP contribution in [0.25, 0.3) is 0 Å². The second-order valence-corrected chi connectivity index (χ2v) is 5.95. The molecule has 0 aliphatic carbocycles. The molecule has 3 atom stereocenters. The standard InChI is InChI=1S/C20H24O5/c1-22-16-9-5-6-10-17(16)25-18-11-12-23-19(13-21)20(18)24-14-15-7-3-2-4-8-15/h2-10,18-21H,11-14H2,1H3/t18-,19-,20+/m1/s1. The van der Waals surface area contributed by atoms with Crippen LogP contribution in [0, 0.1) is 0 Å². The molecule has 134 valence electrons. The Labute approximate surface area is 148 Å². The summed E-state index contributed by atoms with van der Waals surface area (Å²) in [6, 6.07) is 17.5. The number of aliphatic hydroxyl groups excluding tert-OH is 1. The van der Waals surface area contributed by atoms with Crippen molar-refractivity contribution < 1.29 is 24.1 Å². The molecule has 0 spiro atoms. The van der Waals surface area contributed by atoms with Gasteiger partial charge in [0.15, 0.2) is 11.5 Å². The Hall–Kier alpha value is -2.08. The van der Waals surface area contributed by atoms with Crippen molar-refractivity contribution in [2.75, 3.05) is 20.3 Å². The average molecular weight is 344 g/mol. The zero-order valence-electron chi connectivity index (χ0n) is 14.3. The minimum atomic E-state index is -0.405. The minimum Gasteiger partial charge on any atom is -0.493 e. The first-order valence-electron chi connectivity index (χ1n) is 8.49. The molecule has 2 aromatic rings. The van der Waals surface area contributed by atoms with Gasteiger partial charge in [-0.15, -0.1) is 0 Å². The summed E-state index contributed by atoms with van der Waals surface area (Å²) < 4.78 is 23.3. The SMILES string of the molecule is COc1ccccc1O[C@@H]1CCO[C@H](CO)[C@H]1OCc1ccccc1. The molecular weight excluding hydrogens is 320 g/mol. The molecule has 0 aromatic heterocycles. The summed E-state index contributed by atoms with van der Waals surface area (Å²) in [5.41, 5.74) is 1.07. The highest BCUT2D eigenvalue weighted by atomic mass is 16.6. The van der Waals surface area contributed by atoms with E-state index in [1.165, 1.54) is 0 Å². The van der Waals surface area contributed by atoms with Crippen molar-refractivity contribution in [3.05, 3.63) is 60.2 Å². The molecule has 5 heteroatoms. The summed E-state index contributed by atoms with van der Waals surface area (Å²) in [6.07, 6.45) is -0.291. The summed E-state index contributed by atoms with van der Waals surface area (Å²) in [5, 5.41) is 9.66. The van der Waals surface area contributed by atoms with Crippen molar-refractivity contribution in [2.45, 2.75) is 31.3 Å². The van der Waals surface area contributed by atoms with Gasteiger partial charge in [0.25, 0.3) is 0 Å². The van der Waals surface area contributed by atoms with Gasteiger partial charge < -0.3 is 24.1 Å². The molecule has 5 nitrogen and oxygen atoms in total. The molecule has 1 aliphatic heterocycles. The second-order valence-electron chi connectivity index (χ2n) is 5.95. The van der Waals surface area contributed by atoms with Crippen LogP contribution in [0.3, 0.4) is 0 Å². The van der Waals surface area contributed by atoms with Crippen LogP contribution in [0.2, 0.25) is 0 Å². The van der Waals surface area contributed by atoms with E-state index < -0.39 is 6.10 Å². The van der Waals surface area contributed by atoms with Gasteiger partial charge in [-0.2, -0.15) is 0 Å². The summed E-state index contributed by atoms with van der Waals surface area (Å²) in [7, 11) is 1.62. The molecule has 3 rings (SSSR count). The van der Waals surface area contributed by atoms with Crippen molar-refractivity contribution in [2.24, 2.45) is 0 Å². The van der Waals surface area contributed by atoms with Gasteiger partial charge in [-0.3, -0.25) is 0 Å². The van der Waals surface area contributed by atoms with Crippen LogP contribution in [-0.4, -0.2) is 43.7 Å². The maximum absolute atomic E-state index is 9.66. The average Bonchev–Trinajstić information content (AvgIpc) is 2.68. The molecule has 1 heterocycles. The van der Waals surface area contributed by atoms with E-state index in [0.29, 0.717) is 31.1 Å². The van der Waals surface area contributed by atoms with Crippen LogP contribution in [0.15, 0.2) is 54.6 Å². The Bertz CT molecular complexity index is 646. The number of aliphatic hydroxyl groups is 1. The molecule has 0 unspecified atom stereocenters. The molecule has 0 amide bonds. The van der Waals surface area contributed by atoms with E-state index in [0.717, 1.165) is 5.56 Å². The smallest absolute Gasteiger partial charge is 0.161 e. The zero-order chi connectivity index (χ0) is 17.5. The Morgan fingerprint density at radius 2 is 1.76 bits per heavy atom. The summed E-state index contributed by atoms with van der Waals surface area (Å²) in [4.78, 5) is 0. The van der Waals surface area contributed by atoms with Crippen molar-refractivity contribution in [1.29, 1.82) is 0 Å². The third-order valence-electron chi connectivity index (χ3n) is 4.28. The fraction of sp³-hybridized carbons (Fsp3) is 0.400. The molecule has 25 heavy (non-hydrogen) atoms. The lowest BCUT2D eigenvalue weighted by molar-refractivity contribution is -0.168. The van der Waals surface area contributed by atoms with Gasteiger partial charge in [0.1, 0.15) is 18.3 Å². The number of ether oxygens (including phenoxy) is 4. The van der Waals surface area contributed by atoms with E-state index in [2.05, 4.69) is 0 Å². The lowest BCUT2D eigenvalue weighted by Gasteiger charge is -2.37. The van der Waals surface area contributed by atoms with E-state index in [1.807, 2.05) is 54.6 Å². The van der Waals surface area contributed by atoms with Gasteiger partial charge in [-0.1, -0.05) is 42.5 Å². The third-order valence-corrected chi connectivity index (χ3v) is 4.28. The number of para-hydroxylation sites is 2. The van der Waals surface area contributed by atoms with Crippen molar-refractivity contribution in [1.82, 2.24) is 0 Å². The van der Waals surface area contributed by atoms with Crippen LogP contribution in [-0.2, 0) is 16.1 Å². The summed E-state index contributed by atoms with van der Waals surface area (Å²) >= 11 is 0. The molecule has 1 saturated heterocycles. The Morgan fingerprint density at radius 3 is 2.48 bits per heavy atom. The number of methoxy groups -OCH3 is 1. The normalized spacial score (nSPS) is 23.2. The van der Waals surface area contributed by atoms with Crippen LogP contribution in [0.4, 0.5) is 0 Å². The van der Waals surface area contributed by atoms with Crippen LogP contribution in [0.5, 0.6) is 11.5 Å². The molecular formula is C20H24O5. The predicted molar refractivity (Wildman–Crippen MR) is 93.9 cm³/mol. The van der Waals surface area contributed by atoms with Gasteiger partial charge in [0.05, 0.1) is 26.9 Å². The summed E-state index contributed by atoms with van der Waals surface area (Å²) in [6.45, 7) is 0.860. The monoisotopic (exact) mass is 344 g/mol. The first kappa shape index (κ1) is 17.7. The van der Waals surface area contributed by atoms with Gasteiger partial charge in [-0.05, 0) is 17.7 Å². The van der Waals surface area contributed by atoms with E-state index in [1.54, 1.807) is 7.11 Å². The highest BCUT2D eigenvalue weighted by Crippen LogP contribution is 2.30. The van der Waals surface area contributed by atoms with E-state index in [-0.39, 0.29) is 18.8 Å². The topological polar surface area (TPSA) is 57.2 Å². The highest BCUT2D eigenvalue weighted by molar-refractivity contribution is 5.39. The maximum Gasteiger partial charge on any atom is 0.161 e. The molecule has 1 N–H and O–H groups in total. The van der Waals surface area contributed by atoms with Crippen LogP contribution >= 0.6 is 0 Å². The summed E-state index contributed by atoms with van der Waals surface area (Å²) in [5.74, 6) is 1.35. The molecule has 1 fully saturated rings. The first-order chi connectivity index (χ1) is 12.3. The second kappa shape index (κ2) is 8.85.